The molecule has 2 heterocycles. The standard InChI is InChI=1S/C25H14ClN3OS/c26-20-9-7-17(8-10-20)23-15-31-25(28-23)19(14-27)12-16-6-11-22-21(13-16)24(30-29-22)18-4-2-1-3-5-18/h1-13,15H/b19-12+. The summed E-state index contributed by atoms with van der Waals surface area (Å²) in [6.45, 7) is 0. The van der Waals surface area contributed by atoms with Gasteiger partial charge in [0, 0.05) is 21.5 Å². The van der Waals surface area contributed by atoms with Crippen molar-refractivity contribution in [2.45, 2.75) is 0 Å². The highest BCUT2D eigenvalue weighted by atomic mass is 35.5. The van der Waals surface area contributed by atoms with Crippen LogP contribution < -0.4 is 0 Å². The van der Waals surface area contributed by atoms with Gasteiger partial charge in [0.05, 0.1) is 16.7 Å². The lowest BCUT2D eigenvalue weighted by atomic mass is 10.0. The molecule has 148 valence electrons. The van der Waals surface area contributed by atoms with Crippen LogP contribution in [0, 0.1) is 11.3 Å². The molecule has 0 aliphatic heterocycles. The molecule has 0 atom stereocenters. The van der Waals surface area contributed by atoms with E-state index in [2.05, 4.69) is 16.2 Å². The van der Waals surface area contributed by atoms with Gasteiger partial charge in [0.1, 0.15) is 16.6 Å². The summed E-state index contributed by atoms with van der Waals surface area (Å²) in [5.74, 6) is 0.712. The van der Waals surface area contributed by atoms with Gasteiger partial charge in [-0.3, -0.25) is 0 Å². The molecule has 31 heavy (non-hydrogen) atoms. The molecule has 4 nitrogen and oxygen atoms in total. The van der Waals surface area contributed by atoms with Crippen molar-refractivity contribution in [3.05, 3.63) is 93.8 Å². The highest BCUT2D eigenvalue weighted by molar-refractivity contribution is 7.11. The van der Waals surface area contributed by atoms with Crippen molar-refractivity contribution >= 4 is 45.5 Å². The molecule has 0 spiro atoms. The summed E-state index contributed by atoms with van der Waals surface area (Å²) in [4.78, 5) is 4.65. The van der Waals surface area contributed by atoms with E-state index < -0.39 is 0 Å². The molecule has 2 aromatic heterocycles. The van der Waals surface area contributed by atoms with Gasteiger partial charge < -0.3 is 4.52 Å². The maximum Gasteiger partial charge on any atom is 0.174 e. The molecular formula is C25H14ClN3OS. The normalized spacial score (nSPS) is 11.5. The number of nitrogens with zero attached hydrogens (tertiary/aromatic N) is 3. The number of aromatic nitrogens is 2. The fourth-order valence-corrected chi connectivity index (χ4v) is 4.23. The Balaban J connectivity index is 1.52. The first kappa shape index (κ1) is 19.3. The van der Waals surface area contributed by atoms with Crippen LogP contribution in [0.5, 0.6) is 0 Å². The molecule has 0 bridgehead atoms. The first-order valence-electron chi connectivity index (χ1n) is 9.50. The minimum Gasteiger partial charge on any atom is -0.355 e. The second-order valence-electron chi connectivity index (χ2n) is 6.87. The average Bonchev–Trinajstić information content (AvgIpc) is 3.46. The minimum absolute atomic E-state index is 0.502. The van der Waals surface area contributed by atoms with Crippen molar-refractivity contribution in [1.29, 1.82) is 5.26 Å². The van der Waals surface area contributed by atoms with Crippen molar-refractivity contribution in [2.75, 3.05) is 0 Å². The van der Waals surface area contributed by atoms with Gasteiger partial charge in [-0.2, -0.15) is 5.26 Å². The highest BCUT2D eigenvalue weighted by Gasteiger charge is 2.13. The lowest BCUT2D eigenvalue weighted by Gasteiger charge is -1.99. The van der Waals surface area contributed by atoms with Crippen LogP contribution in [0.1, 0.15) is 10.6 Å². The maximum atomic E-state index is 9.76. The van der Waals surface area contributed by atoms with E-state index in [0.717, 1.165) is 33.3 Å². The predicted molar refractivity (Wildman–Crippen MR) is 125 cm³/mol. The number of allylic oxidation sites excluding steroid dienone is 1. The van der Waals surface area contributed by atoms with Crippen molar-refractivity contribution < 1.29 is 4.52 Å². The van der Waals surface area contributed by atoms with E-state index in [9.17, 15) is 5.26 Å². The molecule has 0 amide bonds. The van der Waals surface area contributed by atoms with Gasteiger partial charge in [-0.1, -0.05) is 65.3 Å². The van der Waals surface area contributed by atoms with E-state index in [1.54, 1.807) is 0 Å². The molecule has 0 N–H and O–H groups in total. The number of fused-ring (bicyclic) bond motifs is 1. The first-order valence-corrected chi connectivity index (χ1v) is 10.8. The van der Waals surface area contributed by atoms with Gasteiger partial charge in [0.25, 0.3) is 0 Å². The monoisotopic (exact) mass is 439 g/mol. The van der Waals surface area contributed by atoms with Crippen LogP contribution >= 0.6 is 22.9 Å². The predicted octanol–water partition coefficient (Wildman–Crippen LogP) is 7.34. The topological polar surface area (TPSA) is 62.7 Å². The molecule has 0 radical (unpaired) electrons. The smallest absolute Gasteiger partial charge is 0.174 e. The summed E-state index contributed by atoms with van der Waals surface area (Å²) in [7, 11) is 0. The van der Waals surface area contributed by atoms with Crippen LogP contribution in [0.25, 0.3) is 45.1 Å². The van der Waals surface area contributed by atoms with Crippen LogP contribution in [-0.4, -0.2) is 10.1 Å². The Labute approximate surface area is 187 Å². The van der Waals surface area contributed by atoms with Crippen molar-refractivity contribution in [3.63, 3.8) is 0 Å². The number of nitriles is 1. The fourth-order valence-electron chi connectivity index (χ4n) is 3.31. The molecule has 6 heteroatoms. The molecule has 0 saturated carbocycles. The summed E-state index contributed by atoms with van der Waals surface area (Å²) in [6.07, 6.45) is 1.84. The Morgan fingerprint density at radius 3 is 2.58 bits per heavy atom. The third-order valence-corrected chi connectivity index (χ3v) is 5.97. The van der Waals surface area contributed by atoms with E-state index in [4.69, 9.17) is 16.1 Å². The van der Waals surface area contributed by atoms with Crippen LogP contribution in [0.4, 0.5) is 0 Å². The fraction of sp³-hybridized carbons (Fsp3) is 0. The molecule has 0 aliphatic rings. The lowest BCUT2D eigenvalue weighted by Crippen LogP contribution is -1.83. The summed E-state index contributed by atoms with van der Waals surface area (Å²) >= 11 is 7.41. The van der Waals surface area contributed by atoms with E-state index in [1.807, 2.05) is 84.3 Å². The number of halogens is 1. The van der Waals surface area contributed by atoms with Gasteiger partial charge in [-0.25, -0.2) is 4.98 Å². The summed E-state index contributed by atoms with van der Waals surface area (Å²) in [6, 6.07) is 25.4. The Kier molecular flexibility index (Phi) is 5.09. The number of hydrogen-bond donors (Lipinski definition) is 0. The quantitative estimate of drug-likeness (QED) is 0.275. The Morgan fingerprint density at radius 2 is 1.81 bits per heavy atom. The second kappa shape index (κ2) is 8.19. The van der Waals surface area contributed by atoms with Crippen LogP contribution in [0.15, 0.2) is 82.7 Å². The highest BCUT2D eigenvalue weighted by Crippen LogP contribution is 2.31. The Bertz CT molecular complexity index is 1440. The van der Waals surface area contributed by atoms with Crippen molar-refractivity contribution in [2.24, 2.45) is 0 Å². The van der Waals surface area contributed by atoms with E-state index in [0.29, 0.717) is 21.4 Å². The molecule has 0 saturated heterocycles. The first-order chi connectivity index (χ1) is 15.2. The minimum atomic E-state index is 0.502. The van der Waals surface area contributed by atoms with E-state index in [1.165, 1.54) is 11.3 Å². The third-order valence-electron chi connectivity index (χ3n) is 4.84. The Hall–Kier alpha value is -3.72. The van der Waals surface area contributed by atoms with Gasteiger partial charge >= 0.3 is 0 Å². The number of benzene rings is 3. The van der Waals surface area contributed by atoms with Gasteiger partial charge in [-0.15, -0.1) is 11.3 Å². The van der Waals surface area contributed by atoms with Gasteiger partial charge in [0.15, 0.2) is 5.76 Å². The SMILES string of the molecule is N#C/C(=C\c1ccc2noc(-c3ccccc3)c2c1)c1nc(-c2ccc(Cl)cc2)cs1. The largest absolute Gasteiger partial charge is 0.355 e. The van der Waals surface area contributed by atoms with Gasteiger partial charge in [0.2, 0.25) is 0 Å². The molecule has 3 aromatic carbocycles. The lowest BCUT2D eigenvalue weighted by molar-refractivity contribution is 0.441. The second-order valence-corrected chi connectivity index (χ2v) is 8.16. The summed E-state index contributed by atoms with van der Waals surface area (Å²) < 4.78 is 5.58. The molecular weight excluding hydrogens is 426 g/mol. The Morgan fingerprint density at radius 1 is 1.00 bits per heavy atom. The molecule has 0 fully saturated rings. The van der Waals surface area contributed by atoms with E-state index >= 15 is 0 Å². The third kappa shape index (κ3) is 3.87. The maximum absolute atomic E-state index is 9.76. The van der Waals surface area contributed by atoms with Crippen molar-refractivity contribution in [1.82, 2.24) is 10.1 Å². The van der Waals surface area contributed by atoms with Crippen molar-refractivity contribution in [3.8, 4) is 28.7 Å². The number of hydrogen-bond acceptors (Lipinski definition) is 5. The summed E-state index contributed by atoms with van der Waals surface area (Å²) in [5.41, 5.74) is 4.89. The zero-order chi connectivity index (χ0) is 21.2. The molecule has 5 aromatic rings. The van der Waals surface area contributed by atoms with E-state index in [-0.39, 0.29) is 0 Å². The van der Waals surface area contributed by atoms with Gasteiger partial charge in [-0.05, 0) is 35.9 Å². The van der Waals surface area contributed by atoms with Crippen LogP contribution in [-0.2, 0) is 0 Å². The van der Waals surface area contributed by atoms with Crippen LogP contribution in [0.2, 0.25) is 5.02 Å². The molecule has 0 unspecified atom stereocenters. The summed E-state index contributed by atoms with van der Waals surface area (Å²) in [5, 5.41) is 18.1. The number of thiazole rings is 1. The average molecular weight is 440 g/mol. The van der Waals surface area contributed by atoms with Crippen LogP contribution in [0.3, 0.4) is 0 Å². The molecule has 0 aliphatic carbocycles. The molecule has 5 rings (SSSR count). The number of rotatable bonds is 4. The zero-order valence-electron chi connectivity index (χ0n) is 16.1. The zero-order valence-corrected chi connectivity index (χ0v) is 17.7.